The van der Waals surface area contributed by atoms with Gasteiger partial charge in [0.2, 0.25) is 5.91 Å². The molecule has 3 nitrogen and oxygen atoms in total. The molecular formula is C14H20FNO2. The minimum Gasteiger partial charge on any atom is -0.395 e. The summed E-state index contributed by atoms with van der Waals surface area (Å²) in [4.78, 5) is 13.3. The maximum Gasteiger partial charge on any atom is 0.222 e. The summed E-state index contributed by atoms with van der Waals surface area (Å²) in [5, 5.41) is 8.75. The molecule has 18 heavy (non-hydrogen) atoms. The lowest BCUT2D eigenvalue weighted by Gasteiger charge is -2.18. The lowest BCUT2D eigenvalue weighted by atomic mass is 9.97. The number of carbonyl (C=O) groups is 1. The highest BCUT2D eigenvalue weighted by Gasteiger charge is 2.13. The summed E-state index contributed by atoms with van der Waals surface area (Å²) in [5.41, 5.74) is 0.903. The van der Waals surface area contributed by atoms with Gasteiger partial charge in [0.1, 0.15) is 5.82 Å². The zero-order valence-corrected chi connectivity index (χ0v) is 10.9. The van der Waals surface area contributed by atoms with Crippen LogP contribution in [0, 0.1) is 11.7 Å². The summed E-state index contributed by atoms with van der Waals surface area (Å²) in [6.07, 6.45) is 1.09. The normalized spacial score (nSPS) is 12.2. The molecule has 1 unspecified atom stereocenters. The van der Waals surface area contributed by atoms with Crippen LogP contribution in [-0.4, -0.2) is 36.1 Å². The Morgan fingerprint density at radius 3 is 2.83 bits per heavy atom. The van der Waals surface area contributed by atoms with E-state index in [-0.39, 0.29) is 24.2 Å². The average molecular weight is 253 g/mol. The standard InChI is InChI=1S/C14H20FNO2/c1-11(9-14(18)16(2)6-7-17)8-12-4-3-5-13(15)10-12/h3-5,10-11,17H,6-9H2,1-2H3. The summed E-state index contributed by atoms with van der Waals surface area (Å²) in [6.45, 7) is 2.29. The quantitative estimate of drug-likeness (QED) is 0.840. The van der Waals surface area contributed by atoms with Gasteiger partial charge in [-0.3, -0.25) is 4.79 Å². The maximum absolute atomic E-state index is 13.0. The van der Waals surface area contributed by atoms with Crippen molar-refractivity contribution in [3.05, 3.63) is 35.6 Å². The third-order valence-electron chi connectivity index (χ3n) is 2.86. The predicted octanol–water partition coefficient (Wildman–Crippen LogP) is 1.85. The second kappa shape index (κ2) is 7.11. The van der Waals surface area contributed by atoms with Crippen molar-refractivity contribution in [2.45, 2.75) is 19.8 Å². The molecule has 1 atom stereocenters. The van der Waals surface area contributed by atoms with Crippen molar-refractivity contribution >= 4 is 5.91 Å². The summed E-state index contributed by atoms with van der Waals surface area (Å²) in [7, 11) is 1.67. The van der Waals surface area contributed by atoms with Crippen LogP contribution in [-0.2, 0) is 11.2 Å². The van der Waals surface area contributed by atoms with Crippen molar-refractivity contribution in [1.29, 1.82) is 0 Å². The zero-order valence-electron chi connectivity index (χ0n) is 10.9. The van der Waals surface area contributed by atoms with Gasteiger partial charge in [0.25, 0.3) is 0 Å². The first-order valence-electron chi connectivity index (χ1n) is 6.12. The number of aliphatic hydroxyl groups is 1. The number of likely N-dealkylation sites (N-methyl/N-ethyl adjacent to an activating group) is 1. The second-order valence-corrected chi connectivity index (χ2v) is 4.68. The van der Waals surface area contributed by atoms with Crippen LogP contribution in [0.25, 0.3) is 0 Å². The van der Waals surface area contributed by atoms with Gasteiger partial charge in [-0.1, -0.05) is 19.1 Å². The third-order valence-corrected chi connectivity index (χ3v) is 2.86. The molecule has 0 aromatic heterocycles. The van der Waals surface area contributed by atoms with Gasteiger partial charge in [0.05, 0.1) is 6.61 Å². The Balaban J connectivity index is 2.46. The fraction of sp³-hybridized carbons (Fsp3) is 0.500. The number of hydrogen-bond acceptors (Lipinski definition) is 2. The number of benzene rings is 1. The van der Waals surface area contributed by atoms with Crippen LogP contribution in [0.2, 0.25) is 0 Å². The smallest absolute Gasteiger partial charge is 0.222 e. The molecule has 0 saturated carbocycles. The molecule has 1 amide bonds. The Labute approximate surface area is 107 Å². The van der Waals surface area contributed by atoms with Gasteiger partial charge in [-0.2, -0.15) is 0 Å². The van der Waals surface area contributed by atoms with Crippen molar-refractivity contribution in [1.82, 2.24) is 4.90 Å². The molecule has 0 spiro atoms. The van der Waals surface area contributed by atoms with E-state index in [1.165, 1.54) is 17.0 Å². The van der Waals surface area contributed by atoms with E-state index < -0.39 is 0 Å². The van der Waals surface area contributed by atoms with Crippen LogP contribution in [0.15, 0.2) is 24.3 Å². The van der Waals surface area contributed by atoms with Crippen LogP contribution in [0.4, 0.5) is 4.39 Å². The molecule has 0 heterocycles. The van der Waals surface area contributed by atoms with Gasteiger partial charge in [-0.05, 0) is 30.0 Å². The molecule has 0 aliphatic rings. The third kappa shape index (κ3) is 4.84. The van der Waals surface area contributed by atoms with E-state index in [0.717, 1.165) is 5.56 Å². The van der Waals surface area contributed by atoms with E-state index in [4.69, 9.17) is 5.11 Å². The van der Waals surface area contributed by atoms with Crippen molar-refractivity contribution in [2.75, 3.05) is 20.2 Å². The lowest BCUT2D eigenvalue weighted by molar-refractivity contribution is -0.131. The van der Waals surface area contributed by atoms with Gasteiger partial charge in [0.15, 0.2) is 0 Å². The number of hydrogen-bond donors (Lipinski definition) is 1. The van der Waals surface area contributed by atoms with Crippen molar-refractivity contribution in [3.8, 4) is 0 Å². The minimum absolute atomic E-state index is 0.00736. The number of rotatable bonds is 6. The van der Waals surface area contributed by atoms with E-state index >= 15 is 0 Å². The second-order valence-electron chi connectivity index (χ2n) is 4.68. The van der Waals surface area contributed by atoms with E-state index in [1.807, 2.05) is 13.0 Å². The number of amides is 1. The molecule has 0 fully saturated rings. The first-order chi connectivity index (χ1) is 8.52. The van der Waals surface area contributed by atoms with E-state index in [9.17, 15) is 9.18 Å². The van der Waals surface area contributed by atoms with E-state index in [1.54, 1.807) is 13.1 Å². The first kappa shape index (κ1) is 14.6. The Morgan fingerprint density at radius 1 is 1.50 bits per heavy atom. The van der Waals surface area contributed by atoms with E-state index in [2.05, 4.69) is 0 Å². The van der Waals surface area contributed by atoms with Crippen LogP contribution in [0.5, 0.6) is 0 Å². The molecule has 0 aliphatic heterocycles. The van der Waals surface area contributed by atoms with Crippen LogP contribution in [0.1, 0.15) is 18.9 Å². The fourth-order valence-corrected chi connectivity index (χ4v) is 1.87. The van der Waals surface area contributed by atoms with Crippen LogP contribution in [0.3, 0.4) is 0 Å². The van der Waals surface area contributed by atoms with Gasteiger partial charge in [-0.25, -0.2) is 4.39 Å². The van der Waals surface area contributed by atoms with Crippen molar-refractivity contribution in [2.24, 2.45) is 5.92 Å². The molecule has 1 rings (SSSR count). The van der Waals surface area contributed by atoms with Gasteiger partial charge in [-0.15, -0.1) is 0 Å². The SMILES string of the molecule is CC(CC(=O)N(C)CCO)Cc1cccc(F)c1. The molecule has 0 bridgehead atoms. The molecular weight excluding hydrogens is 233 g/mol. The number of halogens is 1. The Kier molecular flexibility index (Phi) is 5.78. The number of aliphatic hydroxyl groups excluding tert-OH is 1. The minimum atomic E-state index is -0.247. The Hall–Kier alpha value is -1.42. The fourth-order valence-electron chi connectivity index (χ4n) is 1.87. The van der Waals surface area contributed by atoms with Gasteiger partial charge >= 0.3 is 0 Å². The lowest BCUT2D eigenvalue weighted by Crippen LogP contribution is -2.30. The Morgan fingerprint density at radius 2 is 2.22 bits per heavy atom. The maximum atomic E-state index is 13.0. The highest BCUT2D eigenvalue weighted by atomic mass is 19.1. The van der Waals surface area contributed by atoms with E-state index in [0.29, 0.717) is 19.4 Å². The molecule has 4 heteroatoms. The van der Waals surface area contributed by atoms with Crippen molar-refractivity contribution in [3.63, 3.8) is 0 Å². The average Bonchev–Trinajstić information content (AvgIpc) is 2.28. The monoisotopic (exact) mass is 253 g/mol. The topological polar surface area (TPSA) is 40.5 Å². The predicted molar refractivity (Wildman–Crippen MR) is 68.6 cm³/mol. The number of nitrogens with zero attached hydrogens (tertiary/aromatic N) is 1. The Bertz CT molecular complexity index is 395. The highest BCUT2D eigenvalue weighted by molar-refractivity contribution is 5.76. The zero-order chi connectivity index (χ0) is 13.5. The van der Waals surface area contributed by atoms with Crippen LogP contribution >= 0.6 is 0 Å². The molecule has 0 radical (unpaired) electrons. The highest BCUT2D eigenvalue weighted by Crippen LogP contribution is 2.14. The van der Waals surface area contributed by atoms with Crippen molar-refractivity contribution < 1.29 is 14.3 Å². The molecule has 0 aliphatic carbocycles. The summed E-state index contributed by atoms with van der Waals surface area (Å²) >= 11 is 0. The van der Waals surface area contributed by atoms with Crippen LogP contribution < -0.4 is 0 Å². The summed E-state index contributed by atoms with van der Waals surface area (Å²) < 4.78 is 13.0. The molecule has 1 aromatic carbocycles. The molecule has 1 N–H and O–H groups in total. The first-order valence-corrected chi connectivity index (χ1v) is 6.12. The molecule has 100 valence electrons. The summed E-state index contributed by atoms with van der Waals surface area (Å²) in [5.74, 6) is -0.0863. The summed E-state index contributed by atoms with van der Waals surface area (Å²) in [6, 6.07) is 6.45. The molecule has 0 saturated heterocycles. The molecule has 1 aromatic rings. The van der Waals surface area contributed by atoms with Gasteiger partial charge < -0.3 is 10.0 Å². The van der Waals surface area contributed by atoms with Gasteiger partial charge in [0, 0.05) is 20.0 Å². The largest absolute Gasteiger partial charge is 0.395 e. The number of carbonyl (C=O) groups excluding carboxylic acids is 1.